The zero-order valence-electron chi connectivity index (χ0n) is 11.3. The maximum Gasteiger partial charge on any atom is 0.274 e. The zero-order valence-corrected chi connectivity index (χ0v) is 11.3. The Kier molecular flexibility index (Phi) is 6.76. The van der Waals surface area contributed by atoms with Gasteiger partial charge in [0.2, 0.25) is 0 Å². The molecule has 7 heteroatoms. The molecule has 0 atom stereocenters. The Morgan fingerprint density at radius 1 is 1.42 bits per heavy atom. The van der Waals surface area contributed by atoms with Crippen LogP contribution in [0.15, 0.2) is 12.4 Å². The highest BCUT2D eigenvalue weighted by atomic mass is 16.5. The summed E-state index contributed by atoms with van der Waals surface area (Å²) < 4.78 is 4.93. The third-order valence-electron chi connectivity index (χ3n) is 2.45. The normalized spacial score (nSPS) is 10.3. The van der Waals surface area contributed by atoms with Gasteiger partial charge in [0.25, 0.3) is 5.91 Å². The van der Waals surface area contributed by atoms with E-state index in [0.29, 0.717) is 19.0 Å². The van der Waals surface area contributed by atoms with Gasteiger partial charge in [0, 0.05) is 26.7 Å². The van der Waals surface area contributed by atoms with Gasteiger partial charge in [0.05, 0.1) is 25.6 Å². The van der Waals surface area contributed by atoms with E-state index in [1.807, 2.05) is 6.92 Å². The van der Waals surface area contributed by atoms with E-state index < -0.39 is 0 Å². The van der Waals surface area contributed by atoms with E-state index in [4.69, 9.17) is 9.84 Å². The second kappa shape index (κ2) is 8.39. The molecular weight excluding hydrogens is 248 g/mol. The maximum absolute atomic E-state index is 12.1. The molecule has 7 nitrogen and oxygen atoms in total. The van der Waals surface area contributed by atoms with Crippen molar-refractivity contribution in [3.05, 3.63) is 18.1 Å². The summed E-state index contributed by atoms with van der Waals surface area (Å²) in [6, 6.07) is 0. The number of methoxy groups -OCH3 is 1. The molecule has 1 rings (SSSR count). The van der Waals surface area contributed by atoms with Crippen molar-refractivity contribution in [1.82, 2.24) is 14.9 Å². The van der Waals surface area contributed by atoms with Crippen molar-refractivity contribution in [1.29, 1.82) is 0 Å². The predicted octanol–water partition coefficient (Wildman–Crippen LogP) is -0.0107. The molecule has 0 saturated carbocycles. The summed E-state index contributed by atoms with van der Waals surface area (Å²) in [6.07, 6.45) is 2.95. The van der Waals surface area contributed by atoms with Crippen LogP contribution < -0.4 is 5.32 Å². The first-order valence-electron chi connectivity index (χ1n) is 6.17. The standard InChI is InChI=1S/C12H20N4O3/c1-3-13-11-9-14-10(8-15-11)12(18)16(4-6-17)5-7-19-2/h8-9,17H,3-7H2,1-2H3,(H,13,15). The van der Waals surface area contributed by atoms with Crippen molar-refractivity contribution in [2.24, 2.45) is 0 Å². The van der Waals surface area contributed by atoms with Crippen LogP contribution >= 0.6 is 0 Å². The zero-order chi connectivity index (χ0) is 14.1. The third-order valence-corrected chi connectivity index (χ3v) is 2.45. The molecule has 0 aliphatic rings. The molecular formula is C12H20N4O3. The lowest BCUT2D eigenvalue weighted by Gasteiger charge is -2.20. The summed E-state index contributed by atoms with van der Waals surface area (Å²) >= 11 is 0. The molecule has 106 valence electrons. The number of aliphatic hydroxyl groups is 1. The fourth-order valence-electron chi connectivity index (χ4n) is 1.51. The summed E-state index contributed by atoms with van der Waals surface area (Å²) in [4.78, 5) is 21.8. The smallest absolute Gasteiger partial charge is 0.274 e. The van der Waals surface area contributed by atoms with Gasteiger partial charge in [0.1, 0.15) is 11.5 Å². The molecule has 0 aliphatic carbocycles. The maximum atomic E-state index is 12.1. The van der Waals surface area contributed by atoms with Gasteiger partial charge < -0.3 is 20.1 Å². The Balaban J connectivity index is 2.71. The lowest BCUT2D eigenvalue weighted by Crippen LogP contribution is -2.36. The van der Waals surface area contributed by atoms with Gasteiger partial charge in [-0.3, -0.25) is 4.79 Å². The molecule has 1 amide bonds. The molecule has 2 N–H and O–H groups in total. The summed E-state index contributed by atoms with van der Waals surface area (Å²) in [5, 5.41) is 12.0. The van der Waals surface area contributed by atoms with Crippen LogP contribution in [0, 0.1) is 0 Å². The van der Waals surface area contributed by atoms with Gasteiger partial charge in [-0.1, -0.05) is 0 Å². The van der Waals surface area contributed by atoms with Crippen LogP contribution in [-0.2, 0) is 4.74 Å². The van der Waals surface area contributed by atoms with Crippen LogP contribution in [0.3, 0.4) is 0 Å². The molecule has 19 heavy (non-hydrogen) atoms. The Labute approximate surface area is 112 Å². The molecule has 1 heterocycles. The van der Waals surface area contributed by atoms with Gasteiger partial charge in [-0.25, -0.2) is 9.97 Å². The fourth-order valence-corrected chi connectivity index (χ4v) is 1.51. The highest BCUT2D eigenvalue weighted by Crippen LogP contribution is 2.04. The highest BCUT2D eigenvalue weighted by molar-refractivity contribution is 5.92. The average molecular weight is 268 g/mol. The minimum atomic E-state index is -0.262. The van der Waals surface area contributed by atoms with Crippen molar-refractivity contribution < 1.29 is 14.6 Å². The quantitative estimate of drug-likeness (QED) is 0.689. The second-order valence-electron chi connectivity index (χ2n) is 3.83. The number of hydrogen-bond donors (Lipinski definition) is 2. The van der Waals surface area contributed by atoms with E-state index in [1.54, 1.807) is 7.11 Å². The van der Waals surface area contributed by atoms with Gasteiger partial charge in [-0.05, 0) is 6.92 Å². The summed E-state index contributed by atoms with van der Waals surface area (Å²) in [5.41, 5.74) is 0.256. The Morgan fingerprint density at radius 2 is 2.21 bits per heavy atom. The monoisotopic (exact) mass is 268 g/mol. The number of anilines is 1. The highest BCUT2D eigenvalue weighted by Gasteiger charge is 2.16. The topological polar surface area (TPSA) is 87.6 Å². The molecule has 0 aliphatic heterocycles. The van der Waals surface area contributed by atoms with Crippen molar-refractivity contribution >= 4 is 11.7 Å². The molecule has 1 aromatic rings. The summed E-state index contributed by atoms with van der Waals surface area (Å²) in [5.74, 6) is 0.367. The average Bonchev–Trinajstić information content (AvgIpc) is 2.44. The van der Waals surface area contributed by atoms with Gasteiger partial charge in [-0.2, -0.15) is 0 Å². The molecule has 0 spiro atoms. The lowest BCUT2D eigenvalue weighted by atomic mass is 10.3. The largest absolute Gasteiger partial charge is 0.395 e. The minimum absolute atomic E-state index is 0.0989. The van der Waals surface area contributed by atoms with E-state index >= 15 is 0 Å². The molecule has 0 unspecified atom stereocenters. The number of rotatable bonds is 8. The molecule has 1 aromatic heterocycles. The molecule has 0 bridgehead atoms. The SMILES string of the molecule is CCNc1cnc(C(=O)N(CCO)CCOC)cn1. The molecule has 0 saturated heterocycles. The number of nitrogens with one attached hydrogen (secondary N) is 1. The molecule has 0 radical (unpaired) electrons. The van der Waals surface area contributed by atoms with Crippen LogP contribution in [0.25, 0.3) is 0 Å². The van der Waals surface area contributed by atoms with E-state index in [9.17, 15) is 4.79 Å². The molecule has 0 fully saturated rings. The fraction of sp³-hybridized carbons (Fsp3) is 0.583. The third kappa shape index (κ3) is 4.80. The number of nitrogens with zero attached hydrogens (tertiary/aromatic N) is 3. The van der Waals surface area contributed by atoms with E-state index in [2.05, 4.69) is 15.3 Å². The number of hydrogen-bond acceptors (Lipinski definition) is 6. The van der Waals surface area contributed by atoms with Crippen molar-refractivity contribution in [2.75, 3.05) is 45.3 Å². The van der Waals surface area contributed by atoms with Crippen LogP contribution in [0.4, 0.5) is 5.82 Å². The van der Waals surface area contributed by atoms with Crippen LogP contribution in [0.5, 0.6) is 0 Å². The lowest BCUT2D eigenvalue weighted by molar-refractivity contribution is 0.0650. The summed E-state index contributed by atoms with van der Waals surface area (Å²) in [6.45, 7) is 3.67. The number of carbonyl (C=O) groups is 1. The van der Waals surface area contributed by atoms with E-state index in [0.717, 1.165) is 6.54 Å². The summed E-state index contributed by atoms with van der Waals surface area (Å²) in [7, 11) is 1.56. The van der Waals surface area contributed by atoms with E-state index in [-0.39, 0.29) is 24.8 Å². The number of amides is 1. The Bertz CT molecular complexity index is 383. The van der Waals surface area contributed by atoms with Crippen molar-refractivity contribution in [3.63, 3.8) is 0 Å². The first-order valence-corrected chi connectivity index (χ1v) is 6.17. The first kappa shape index (κ1) is 15.3. The van der Waals surface area contributed by atoms with Crippen LogP contribution in [-0.4, -0.2) is 65.8 Å². The number of aromatic nitrogens is 2. The Morgan fingerprint density at radius 3 is 2.74 bits per heavy atom. The second-order valence-corrected chi connectivity index (χ2v) is 3.83. The number of carbonyl (C=O) groups excluding carboxylic acids is 1. The van der Waals surface area contributed by atoms with Crippen LogP contribution in [0.2, 0.25) is 0 Å². The van der Waals surface area contributed by atoms with Gasteiger partial charge in [0.15, 0.2) is 0 Å². The molecule has 0 aromatic carbocycles. The Hall–Kier alpha value is -1.73. The van der Waals surface area contributed by atoms with Gasteiger partial charge >= 0.3 is 0 Å². The van der Waals surface area contributed by atoms with Crippen molar-refractivity contribution in [2.45, 2.75) is 6.92 Å². The number of ether oxygens (including phenoxy) is 1. The minimum Gasteiger partial charge on any atom is -0.395 e. The van der Waals surface area contributed by atoms with Gasteiger partial charge in [-0.15, -0.1) is 0 Å². The number of aliphatic hydroxyl groups excluding tert-OH is 1. The van der Waals surface area contributed by atoms with Crippen LogP contribution in [0.1, 0.15) is 17.4 Å². The van der Waals surface area contributed by atoms with E-state index in [1.165, 1.54) is 17.3 Å². The first-order chi connectivity index (χ1) is 9.22. The predicted molar refractivity (Wildman–Crippen MR) is 71.1 cm³/mol. The van der Waals surface area contributed by atoms with Crippen molar-refractivity contribution in [3.8, 4) is 0 Å².